The minimum Gasteiger partial charge on any atom is -0.462 e. The monoisotopic (exact) mass is 928 g/mol. The zero-order valence-corrected chi connectivity index (χ0v) is 40.9. The lowest BCUT2D eigenvalue weighted by Gasteiger charge is -2.48. The first-order valence-corrected chi connectivity index (χ1v) is 24.4. The predicted molar refractivity (Wildman–Crippen MR) is 244 cm³/mol. The lowest BCUT2D eigenvalue weighted by molar-refractivity contribution is -0.311. The first-order chi connectivity index (χ1) is 31.4. The van der Waals surface area contributed by atoms with Gasteiger partial charge in [0.25, 0.3) is 0 Å². The second kappa shape index (κ2) is 21.5. The molecule has 0 aromatic rings. The minimum atomic E-state index is -1.84. The number of carbonyl (C=O) groups excluding carboxylic acids is 2. The van der Waals surface area contributed by atoms with Gasteiger partial charge in [0.05, 0.1) is 55.4 Å². The fraction of sp³-hybridized carbons (Fsp3) is 0.765. The number of nitrogens with one attached hydrogen (secondary N) is 1. The first-order valence-electron chi connectivity index (χ1n) is 24.4. The van der Waals surface area contributed by atoms with Crippen molar-refractivity contribution in [1.29, 1.82) is 0 Å². The lowest BCUT2D eigenvalue weighted by Crippen LogP contribution is -2.58. The number of ether oxygens (including phenoxy) is 10. The average Bonchev–Trinajstić information content (AvgIpc) is 3.62. The highest BCUT2D eigenvalue weighted by Gasteiger charge is 2.60. The molecular formula is C51H77NO14. The summed E-state index contributed by atoms with van der Waals surface area (Å²) in [5.74, 6) is -2.70. The van der Waals surface area contributed by atoms with E-state index in [0.717, 1.165) is 18.4 Å². The van der Waals surface area contributed by atoms with E-state index in [9.17, 15) is 19.8 Å². The third kappa shape index (κ3) is 10.7. The smallest absolute Gasteiger partial charge is 0.316 e. The van der Waals surface area contributed by atoms with E-state index in [1.165, 1.54) is 6.92 Å². The minimum absolute atomic E-state index is 0.0274. The summed E-state index contributed by atoms with van der Waals surface area (Å²) in [6, 6.07) is -0.315. The van der Waals surface area contributed by atoms with Crippen molar-refractivity contribution in [3.05, 3.63) is 59.3 Å². The third-order valence-electron chi connectivity index (χ3n) is 15.2. The molecule has 7 aliphatic rings. The Bertz CT molecular complexity index is 1870. The average molecular weight is 928 g/mol. The van der Waals surface area contributed by atoms with Gasteiger partial charge in [0.15, 0.2) is 18.4 Å². The molecular weight excluding hydrogens is 851 g/mol. The Morgan fingerprint density at radius 2 is 1.67 bits per heavy atom. The van der Waals surface area contributed by atoms with Gasteiger partial charge in [-0.15, -0.1) is 0 Å². The molecule has 2 bridgehead atoms. The molecule has 20 atom stereocenters. The number of aliphatic hydroxyl groups is 2. The van der Waals surface area contributed by atoms with Gasteiger partial charge in [0.2, 0.25) is 5.91 Å². The Morgan fingerprint density at radius 1 is 0.955 bits per heavy atom. The largest absolute Gasteiger partial charge is 0.462 e. The van der Waals surface area contributed by atoms with Gasteiger partial charge in [-0.3, -0.25) is 9.59 Å². The van der Waals surface area contributed by atoms with E-state index in [1.807, 2.05) is 39.0 Å². The maximum atomic E-state index is 14.4. The number of esters is 1. The summed E-state index contributed by atoms with van der Waals surface area (Å²) < 4.78 is 64.6. The van der Waals surface area contributed by atoms with Gasteiger partial charge in [0, 0.05) is 58.7 Å². The van der Waals surface area contributed by atoms with Crippen molar-refractivity contribution in [2.45, 2.75) is 204 Å². The molecule has 1 spiro atoms. The number of allylic oxidation sites excluding steroid dienone is 2. The Morgan fingerprint density at radius 3 is 2.36 bits per heavy atom. The number of methoxy groups -OCH3 is 2. The predicted octanol–water partition coefficient (Wildman–Crippen LogP) is 5.91. The van der Waals surface area contributed by atoms with E-state index in [4.69, 9.17) is 47.4 Å². The van der Waals surface area contributed by atoms with Crippen LogP contribution in [0.4, 0.5) is 0 Å². The SMILES string of the molecule is CC[C@H]1C=C[C@]2(C[C@@H]3C[C@@H](C/C=C(\C)[C@@H](O[C@H]4C[C@H](OC)[C@@H](O[C@H]5C[C@H](OC)C(NC(C)=O)[C@H](C)O5)[C@H](C)O4)[C@@H](C)/C=C/C=C4\CO[C@@H]5[C@H](O)C(C)=C[C@@H](C(=O)O3)[C@]45O)O2)O[C@@H]1[C@@H](C)CC. The zero-order chi connectivity index (χ0) is 47.7. The van der Waals surface area contributed by atoms with Crippen LogP contribution < -0.4 is 5.32 Å². The number of rotatable bonds is 10. The summed E-state index contributed by atoms with van der Waals surface area (Å²) in [6.45, 7) is 17.7. The van der Waals surface area contributed by atoms with Crippen LogP contribution in [0.15, 0.2) is 59.3 Å². The van der Waals surface area contributed by atoms with Gasteiger partial charge in [-0.2, -0.15) is 0 Å². The lowest BCUT2D eigenvalue weighted by atomic mass is 9.71. The second-order valence-corrected chi connectivity index (χ2v) is 19.9. The van der Waals surface area contributed by atoms with Crippen LogP contribution in [0.5, 0.6) is 0 Å². The van der Waals surface area contributed by atoms with Crippen molar-refractivity contribution in [1.82, 2.24) is 5.32 Å². The van der Waals surface area contributed by atoms with Gasteiger partial charge in [0.1, 0.15) is 35.9 Å². The molecule has 3 N–H and O–H groups in total. The van der Waals surface area contributed by atoms with E-state index >= 15 is 0 Å². The Balaban J connectivity index is 1.17. The van der Waals surface area contributed by atoms with Crippen LogP contribution in [0.25, 0.3) is 0 Å². The third-order valence-corrected chi connectivity index (χ3v) is 15.2. The molecule has 6 heterocycles. The van der Waals surface area contributed by atoms with Crippen LogP contribution >= 0.6 is 0 Å². The molecule has 0 aromatic heterocycles. The van der Waals surface area contributed by atoms with Crippen molar-refractivity contribution < 1.29 is 67.2 Å². The number of carbonyl (C=O) groups is 2. The molecule has 0 radical (unpaired) electrons. The van der Waals surface area contributed by atoms with E-state index in [2.05, 4.69) is 45.2 Å². The molecule has 6 aliphatic heterocycles. The summed E-state index contributed by atoms with van der Waals surface area (Å²) in [5, 5.41) is 26.8. The van der Waals surface area contributed by atoms with Crippen molar-refractivity contribution in [2.75, 3.05) is 20.8 Å². The maximum absolute atomic E-state index is 14.4. The molecule has 0 saturated carbocycles. The highest BCUT2D eigenvalue weighted by Crippen LogP contribution is 2.47. The van der Waals surface area contributed by atoms with Crippen LogP contribution in [0.2, 0.25) is 0 Å². The highest BCUT2D eigenvalue weighted by atomic mass is 16.7. The van der Waals surface area contributed by atoms with Crippen molar-refractivity contribution in [3.63, 3.8) is 0 Å². The molecule has 4 saturated heterocycles. The molecule has 7 rings (SSSR count). The van der Waals surface area contributed by atoms with Crippen LogP contribution in [0.1, 0.15) is 107 Å². The summed E-state index contributed by atoms with van der Waals surface area (Å²) in [5.41, 5.74) is 0.120. The van der Waals surface area contributed by atoms with E-state index in [-0.39, 0.29) is 54.6 Å². The van der Waals surface area contributed by atoms with Gasteiger partial charge >= 0.3 is 5.97 Å². The molecule has 1 amide bonds. The van der Waals surface area contributed by atoms with Gasteiger partial charge in [-0.05, 0) is 69.2 Å². The molecule has 15 heteroatoms. The fourth-order valence-electron chi connectivity index (χ4n) is 11.2. The molecule has 66 heavy (non-hydrogen) atoms. The van der Waals surface area contributed by atoms with Crippen LogP contribution in [0.3, 0.4) is 0 Å². The standard InChI is InChI=1S/C51H77NO14/c1-12-27(3)46-34(13-2)19-20-50(66-46)25-37-22-36(65-50)18-17-29(5)45(28(4)15-14-16-35-26-59-48-44(54)30(6)21-38(49(55)62-37)51(35,48)56)63-42-24-40(58-11)47(32(8)61-42)64-41-23-39(57-10)43(31(7)60-41)52-33(9)53/h14-17,19-21,27-28,31-32,34,36-48,54,56H,12-13,18,22-26H2,1-11H3,(H,52,53)/b15-14+,29-17+,35-16+/t27-,28-,31-,32-,34-,36+,37-,38-,39-,40-,41-,42-,43?,44+,45-,46+,47-,48+,50+,51+/m0/s1. The van der Waals surface area contributed by atoms with Crippen LogP contribution in [-0.4, -0.2) is 140 Å². The van der Waals surface area contributed by atoms with E-state index in [1.54, 1.807) is 33.3 Å². The number of hydrogen-bond acceptors (Lipinski definition) is 14. The van der Waals surface area contributed by atoms with Gasteiger partial charge in [-0.1, -0.05) is 70.6 Å². The number of fused-ring (bicyclic) bond motifs is 2. The zero-order valence-electron chi connectivity index (χ0n) is 40.9. The van der Waals surface area contributed by atoms with E-state index < -0.39 is 84.7 Å². The number of amides is 1. The van der Waals surface area contributed by atoms with Crippen molar-refractivity contribution in [3.8, 4) is 0 Å². The van der Waals surface area contributed by atoms with Crippen LogP contribution in [-0.2, 0) is 57.0 Å². The summed E-state index contributed by atoms with van der Waals surface area (Å²) >= 11 is 0. The number of aliphatic hydroxyl groups excluding tert-OH is 1. The summed E-state index contributed by atoms with van der Waals surface area (Å²) in [7, 11) is 3.27. The summed E-state index contributed by atoms with van der Waals surface area (Å²) in [4.78, 5) is 26.3. The molecule has 4 fully saturated rings. The topological polar surface area (TPSA) is 179 Å². The quantitative estimate of drug-likeness (QED) is 0.174. The van der Waals surface area contributed by atoms with E-state index in [0.29, 0.717) is 43.3 Å². The molecule has 15 nitrogen and oxygen atoms in total. The fourth-order valence-corrected chi connectivity index (χ4v) is 11.2. The Hall–Kier alpha value is -2.80. The highest BCUT2D eigenvalue weighted by molar-refractivity contribution is 5.78. The molecule has 0 aromatic carbocycles. The number of hydrogen-bond donors (Lipinski definition) is 3. The van der Waals surface area contributed by atoms with Crippen molar-refractivity contribution in [2.24, 2.45) is 23.7 Å². The normalized spacial score (nSPS) is 46.8. The first kappa shape index (κ1) is 51.1. The van der Waals surface area contributed by atoms with Gasteiger partial charge in [-0.25, -0.2) is 0 Å². The Labute approximate surface area is 391 Å². The molecule has 1 unspecified atom stereocenters. The van der Waals surface area contributed by atoms with Gasteiger partial charge < -0.3 is 62.9 Å². The summed E-state index contributed by atoms with van der Waals surface area (Å²) in [6.07, 6.45) is 10.5. The maximum Gasteiger partial charge on any atom is 0.316 e. The Kier molecular flexibility index (Phi) is 16.6. The molecule has 370 valence electrons. The second-order valence-electron chi connectivity index (χ2n) is 19.9. The molecule has 1 aliphatic carbocycles. The van der Waals surface area contributed by atoms with Crippen molar-refractivity contribution >= 4 is 11.9 Å². The van der Waals surface area contributed by atoms with Crippen LogP contribution in [0, 0.1) is 23.7 Å².